The maximum atomic E-state index is 4.39. The monoisotopic (exact) mass is 234 g/mol. The van der Waals surface area contributed by atoms with E-state index in [4.69, 9.17) is 0 Å². The highest BCUT2D eigenvalue weighted by Gasteiger charge is 1.98. The molecule has 2 nitrogen and oxygen atoms in total. The van der Waals surface area contributed by atoms with Crippen LogP contribution < -0.4 is 0 Å². The molecule has 0 fully saturated rings. The fourth-order valence-corrected chi connectivity index (χ4v) is 2.02. The molecule has 0 aliphatic carbocycles. The second-order valence-electron chi connectivity index (χ2n) is 4.20. The number of fused-ring (bicyclic) bond motifs is 1. The number of benzene rings is 2. The van der Waals surface area contributed by atoms with E-state index in [-0.39, 0.29) is 0 Å². The third-order valence-electron chi connectivity index (χ3n) is 2.94. The standard InChI is InChI=1S/C16H14N2/c1-2-7-14(8-3-1)9-6-12-18-16-11-5-4-10-15(16)13-17-18/h1-11,13H,12H2/b9-6+. The average molecular weight is 234 g/mol. The highest BCUT2D eigenvalue weighted by Crippen LogP contribution is 2.12. The van der Waals surface area contributed by atoms with Crippen LogP contribution in [0.1, 0.15) is 5.56 Å². The quantitative estimate of drug-likeness (QED) is 0.675. The van der Waals surface area contributed by atoms with Gasteiger partial charge < -0.3 is 0 Å². The minimum atomic E-state index is 0.794. The third kappa shape index (κ3) is 2.18. The van der Waals surface area contributed by atoms with Crippen molar-refractivity contribution in [2.45, 2.75) is 6.54 Å². The van der Waals surface area contributed by atoms with E-state index in [2.05, 4.69) is 41.5 Å². The fourth-order valence-electron chi connectivity index (χ4n) is 2.02. The lowest BCUT2D eigenvalue weighted by Gasteiger charge is -1.98. The van der Waals surface area contributed by atoms with Gasteiger partial charge in [0, 0.05) is 5.39 Å². The lowest BCUT2D eigenvalue weighted by atomic mass is 10.2. The van der Waals surface area contributed by atoms with Crippen LogP contribution in [0.4, 0.5) is 0 Å². The predicted molar refractivity (Wildman–Crippen MR) is 75.2 cm³/mol. The Morgan fingerprint density at radius 3 is 2.61 bits per heavy atom. The van der Waals surface area contributed by atoms with Crippen LogP contribution in [-0.4, -0.2) is 9.78 Å². The SMILES string of the molecule is C(=C\c1ccccc1)/Cn1ncc2ccccc21. The summed E-state index contributed by atoms with van der Waals surface area (Å²) in [6, 6.07) is 18.6. The number of hydrogen-bond acceptors (Lipinski definition) is 1. The minimum Gasteiger partial charge on any atom is -0.261 e. The molecule has 18 heavy (non-hydrogen) atoms. The molecular weight excluding hydrogens is 220 g/mol. The summed E-state index contributed by atoms with van der Waals surface area (Å²) in [5.74, 6) is 0. The van der Waals surface area contributed by atoms with Crippen molar-refractivity contribution in [2.24, 2.45) is 0 Å². The smallest absolute Gasteiger partial charge is 0.0686 e. The van der Waals surface area contributed by atoms with Crippen molar-refractivity contribution in [3.8, 4) is 0 Å². The Kier molecular flexibility index (Phi) is 2.92. The first kappa shape index (κ1) is 10.8. The summed E-state index contributed by atoms with van der Waals surface area (Å²) in [5, 5.41) is 5.58. The second kappa shape index (κ2) is 4.88. The third-order valence-corrected chi connectivity index (χ3v) is 2.94. The molecule has 1 heterocycles. The Balaban J connectivity index is 1.79. The molecule has 0 spiro atoms. The van der Waals surface area contributed by atoms with Gasteiger partial charge in [0.2, 0.25) is 0 Å². The van der Waals surface area contributed by atoms with Crippen LogP contribution in [0, 0.1) is 0 Å². The molecule has 0 aliphatic heterocycles. The van der Waals surface area contributed by atoms with Crippen molar-refractivity contribution in [1.29, 1.82) is 0 Å². The number of aromatic nitrogens is 2. The van der Waals surface area contributed by atoms with Crippen LogP contribution in [0.3, 0.4) is 0 Å². The molecule has 0 saturated heterocycles. The van der Waals surface area contributed by atoms with E-state index in [1.165, 1.54) is 16.5 Å². The molecule has 0 N–H and O–H groups in total. The molecule has 0 radical (unpaired) electrons. The summed E-state index contributed by atoms with van der Waals surface area (Å²) in [4.78, 5) is 0. The van der Waals surface area contributed by atoms with Gasteiger partial charge in [0.05, 0.1) is 18.3 Å². The maximum absolute atomic E-state index is 4.39. The van der Waals surface area contributed by atoms with Gasteiger partial charge in [-0.1, -0.05) is 60.7 Å². The van der Waals surface area contributed by atoms with Crippen molar-refractivity contribution in [3.05, 3.63) is 72.4 Å². The minimum absolute atomic E-state index is 0.794. The van der Waals surface area contributed by atoms with Crippen molar-refractivity contribution in [1.82, 2.24) is 9.78 Å². The van der Waals surface area contributed by atoms with Gasteiger partial charge in [-0.05, 0) is 11.6 Å². The van der Waals surface area contributed by atoms with Gasteiger partial charge in [-0.3, -0.25) is 4.68 Å². The van der Waals surface area contributed by atoms with Gasteiger partial charge >= 0.3 is 0 Å². The molecule has 0 bridgehead atoms. The predicted octanol–water partition coefficient (Wildman–Crippen LogP) is 3.75. The molecule has 88 valence electrons. The van der Waals surface area contributed by atoms with Crippen molar-refractivity contribution in [3.63, 3.8) is 0 Å². The highest BCUT2D eigenvalue weighted by molar-refractivity contribution is 5.78. The number of para-hydroxylation sites is 1. The topological polar surface area (TPSA) is 17.8 Å². The average Bonchev–Trinajstić information content (AvgIpc) is 2.84. The molecule has 0 aliphatic rings. The molecule has 0 atom stereocenters. The molecule has 2 heteroatoms. The summed E-state index contributed by atoms with van der Waals surface area (Å²) in [6.45, 7) is 0.794. The first-order chi connectivity index (χ1) is 8.93. The lowest BCUT2D eigenvalue weighted by Crippen LogP contribution is -1.96. The van der Waals surface area contributed by atoms with Crippen LogP contribution in [0.15, 0.2) is 66.9 Å². The number of rotatable bonds is 3. The lowest BCUT2D eigenvalue weighted by molar-refractivity contribution is 0.730. The Hall–Kier alpha value is -2.35. The fraction of sp³-hybridized carbons (Fsp3) is 0.0625. The zero-order valence-electron chi connectivity index (χ0n) is 10.0. The molecular formula is C16H14N2. The van der Waals surface area contributed by atoms with Crippen LogP contribution in [-0.2, 0) is 6.54 Å². The summed E-state index contributed by atoms with van der Waals surface area (Å²) in [6.07, 6.45) is 6.16. The Morgan fingerprint density at radius 1 is 0.944 bits per heavy atom. The number of nitrogens with zero attached hydrogens (tertiary/aromatic N) is 2. The molecule has 2 aromatic carbocycles. The Labute approximate surface area is 106 Å². The van der Waals surface area contributed by atoms with Crippen molar-refractivity contribution < 1.29 is 0 Å². The first-order valence-corrected chi connectivity index (χ1v) is 6.05. The van der Waals surface area contributed by atoms with Crippen LogP contribution in [0.25, 0.3) is 17.0 Å². The molecule has 0 amide bonds. The van der Waals surface area contributed by atoms with E-state index >= 15 is 0 Å². The molecule has 0 saturated carbocycles. The van der Waals surface area contributed by atoms with Crippen LogP contribution in [0.2, 0.25) is 0 Å². The van der Waals surface area contributed by atoms with E-state index in [0.29, 0.717) is 0 Å². The molecule has 1 aromatic heterocycles. The van der Waals surface area contributed by atoms with E-state index in [1.54, 1.807) is 0 Å². The number of hydrogen-bond donors (Lipinski definition) is 0. The Bertz CT molecular complexity index is 666. The van der Waals surface area contributed by atoms with Crippen molar-refractivity contribution in [2.75, 3.05) is 0 Å². The van der Waals surface area contributed by atoms with E-state index in [0.717, 1.165) is 6.54 Å². The number of allylic oxidation sites excluding steroid dienone is 1. The molecule has 3 rings (SSSR count). The summed E-state index contributed by atoms with van der Waals surface area (Å²) >= 11 is 0. The van der Waals surface area contributed by atoms with Gasteiger partial charge in [0.15, 0.2) is 0 Å². The molecule has 3 aromatic rings. The van der Waals surface area contributed by atoms with E-state index in [1.807, 2.05) is 41.2 Å². The van der Waals surface area contributed by atoms with Crippen LogP contribution >= 0.6 is 0 Å². The Morgan fingerprint density at radius 2 is 1.72 bits per heavy atom. The summed E-state index contributed by atoms with van der Waals surface area (Å²) in [5.41, 5.74) is 2.39. The highest BCUT2D eigenvalue weighted by atomic mass is 15.3. The van der Waals surface area contributed by atoms with E-state index < -0.39 is 0 Å². The van der Waals surface area contributed by atoms with Gasteiger partial charge in [-0.25, -0.2) is 0 Å². The van der Waals surface area contributed by atoms with Gasteiger partial charge in [-0.2, -0.15) is 5.10 Å². The second-order valence-corrected chi connectivity index (χ2v) is 4.20. The van der Waals surface area contributed by atoms with Crippen molar-refractivity contribution >= 4 is 17.0 Å². The van der Waals surface area contributed by atoms with Gasteiger partial charge in [0.25, 0.3) is 0 Å². The zero-order chi connectivity index (χ0) is 12.2. The first-order valence-electron chi connectivity index (χ1n) is 6.05. The van der Waals surface area contributed by atoms with Gasteiger partial charge in [-0.15, -0.1) is 0 Å². The summed E-state index contributed by atoms with van der Waals surface area (Å²) in [7, 11) is 0. The van der Waals surface area contributed by atoms with Gasteiger partial charge in [0.1, 0.15) is 0 Å². The normalized spacial score (nSPS) is 11.3. The summed E-state index contributed by atoms with van der Waals surface area (Å²) < 4.78 is 2.01. The van der Waals surface area contributed by atoms with Crippen LogP contribution in [0.5, 0.6) is 0 Å². The largest absolute Gasteiger partial charge is 0.261 e. The molecule has 0 unspecified atom stereocenters. The zero-order valence-corrected chi connectivity index (χ0v) is 10.0. The van der Waals surface area contributed by atoms with E-state index in [9.17, 15) is 0 Å². The maximum Gasteiger partial charge on any atom is 0.0686 e.